The third-order valence-electron chi connectivity index (χ3n) is 2.82. The fourth-order valence-electron chi connectivity index (χ4n) is 1.71. The summed E-state index contributed by atoms with van der Waals surface area (Å²) >= 11 is 0. The van der Waals surface area contributed by atoms with Gasteiger partial charge in [-0.2, -0.15) is 0 Å². The minimum atomic E-state index is -0.387. The maximum Gasteiger partial charge on any atom is 0.237 e. The van der Waals surface area contributed by atoms with Crippen molar-refractivity contribution in [2.45, 2.75) is 57.2 Å². The van der Waals surface area contributed by atoms with Crippen molar-refractivity contribution < 1.29 is 9.90 Å². The zero-order valence-electron chi connectivity index (χ0n) is 8.70. The predicted molar refractivity (Wildman–Crippen MR) is 54.7 cm³/mol. The summed E-state index contributed by atoms with van der Waals surface area (Å²) < 4.78 is 0. The van der Waals surface area contributed by atoms with Crippen molar-refractivity contribution in [1.29, 1.82) is 0 Å². The van der Waals surface area contributed by atoms with Crippen LogP contribution in [-0.4, -0.2) is 29.2 Å². The lowest BCUT2D eigenvalue weighted by Gasteiger charge is -2.27. The van der Waals surface area contributed by atoms with Crippen molar-refractivity contribution in [3.8, 4) is 0 Å². The number of hydrogen-bond donors (Lipinski definition) is 3. The van der Waals surface area contributed by atoms with Gasteiger partial charge in [0.25, 0.3) is 0 Å². The van der Waals surface area contributed by atoms with Gasteiger partial charge >= 0.3 is 0 Å². The predicted octanol–water partition coefficient (Wildman–Crippen LogP) is 0.143. The molecule has 1 atom stereocenters. The van der Waals surface area contributed by atoms with Gasteiger partial charge in [-0.1, -0.05) is 6.92 Å². The van der Waals surface area contributed by atoms with Gasteiger partial charge < -0.3 is 16.2 Å². The number of aliphatic hydroxyl groups excluding tert-OH is 1. The summed E-state index contributed by atoms with van der Waals surface area (Å²) in [6.45, 7) is 1.90. The molecule has 1 saturated carbocycles. The fourth-order valence-corrected chi connectivity index (χ4v) is 1.71. The third kappa shape index (κ3) is 3.27. The second-order valence-electron chi connectivity index (χ2n) is 4.03. The van der Waals surface area contributed by atoms with E-state index in [9.17, 15) is 9.90 Å². The molecule has 1 aliphatic rings. The summed E-state index contributed by atoms with van der Waals surface area (Å²) in [6.07, 6.45) is 3.79. The van der Waals surface area contributed by atoms with Crippen molar-refractivity contribution in [3.05, 3.63) is 0 Å². The van der Waals surface area contributed by atoms with E-state index in [0.717, 1.165) is 25.7 Å². The number of aliphatic hydroxyl groups is 1. The van der Waals surface area contributed by atoms with Crippen LogP contribution in [-0.2, 0) is 4.79 Å². The van der Waals surface area contributed by atoms with E-state index in [0.29, 0.717) is 6.42 Å². The Balaban J connectivity index is 2.27. The molecular formula is C10H20N2O2. The minimum Gasteiger partial charge on any atom is -0.393 e. The molecule has 0 aromatic heterocycles. The molecule has 0 aliphatic heterocycles. The number of hydrogen-bond acceptors (Lipinski definition) is 3. The maximum absolute atomic E-state index is 11.4. The Morgan fingerprint density at radius 1 is 1.50 bits per heavy atom. The van der Waals surface area contributed by atoms with E-state index in [1.54, 1.807) is 0 Å². The minimum absolute atomic E-state index is 0.0612. The largest absolute Gasteiger partial charge is 0.393 e. The number of carbonyl (C=O) groups is 1. The van der Waals surface area contributed by atoms with Crippen LogP contribution in [0.4, 0.5) is 0 Å². The molecule has 0 spiro atoms. The zero-order valence-corrected chi connectivity index (χ0v) is 8.70. The quantitative estimate of drug-likeness (QED) is 0.606. The van der Waals surface area contributed by atoms with Crippen molar-refractivity contribution in [3.63, 3.8) is 0 Å². The molecule has 0 saturated heterocycles. The van der Waals surface area contributed by atoms with Gasteiger partial charge in [0, 0.05) is 6.04 Å². The van der Waals surface area contributed by atoms with Crippen molar-refractivity contribution in [2.24, 2.45) is 5.73 Å². The molecule has 0 radical (unpaired) electrons. The lowest BCUT2D eigenvalue weighted by molar-refractivity contribution is -0.123. The SMILES string of the molecule is CC[C@@H](N)C(=O)NC1CCC(O)CC1. The van der Waals surface area contributed by atoms with Crippen LogP contribution in [0.5, 0.6) is 0 Å². The van der Waals surface area contributed by atoms with Gasteiger partial charge in [0.15, 0.2) is 0 Å². The first kappa shape index (κ1) is 11.5. The maximum atomic E-state index is 11.4. The number of amides is 1. The first-order valence-electron chi connectivity index (χ1n) is 5.37. The molecule has 0 heterocycles. The van der Waals surface area contributed by atoms with E-state index < -0.39 is 0 Å². The summed E-state index contributed by atoms with van der Waals surface area (Å²) in [5, 5.41) is 12.2. The van der Waals surface area contributed by atoms with Crippen LogP contribution >= 0.6 is 0 Å². The molecule has 4 nitrogen and oxygen atoms in total. The standard InChI is InChI=1S/C10H20N2O2/c1-2-9(11)10(14)12-7-3-5-8(13)6-4-7/h7-9,13H,2-6,11H2,1H3,(H,12,14)/t7?,8?,9-/m1/s1. The topological polar surface area (TPSA) is 75.4 Å². The molecule has 0 aromatic rings. The molecule has 1 fully saturated rings. The average Bonchev–Trinajstić information content (AvgIpc) is 2.20. The highest BCUT2D eigenvalue weighted by atomic mass is 16.3. The Morgan fingerprint density at radius 3 is 2.57 bits per heavy atom. The first-order valence-corrected chi connectivity index (χ1v) is 5.37. The van der Waals surface area contributed by atoms with Crippen LogP contribution < -0.4 is 11.1 Å². The van der Waals surface area contributed by atoms with Gasteiger partial charge in [0.1, 0.15) is 0 Å². The van der Waals surface area contributed by atoms with E-state index in [1.807, 2.05) is 6.92 Å². The monoisotopic (exact) mass is 200 g/mol. The smallest absolute Gasteiger partial charge is 0.237 e. The van der Waals surface area contributed by atoms with E-state index >= 15 is 0 Å². The highest BCUT2D eigenvalue weighted by Gasteiger charge is 2.22. The zero-order chi connectivity index (χ0) is 10.6. The second kappa shape index (κ2) is 5.32. The second-order valence-corrected chi connectivity index (χ2v) is 4.03. The van der Waals surface area contributed by atoms with Crippen LogP contribution in [0, 0.1) is 0 Å². The number of nitrogens with two attached hydrogens (primary N) is 1. The fraction of sp³-hybridized carbons (Fsp3) is 0.900. The summed E-state index contributed by atoms with van der Waals surface area (Å²) in [6, 6.07) is -0.176. The van der Waals surface area contributed by atoms with Gasteiger partial charge in [0.05, 0.1) is 12.1 Å². The summed E-state index contributed by atoms with van der Waals surface area (Å²) in [7, 11) is 0. The highest BCUT2D eigenvalue weighted by molar-refractivity contribution is 5.81. The van der Waals surface area contributed by atoms with E-state index in [2.05, 4.69) is 5.32 Å². The normalized spacial score (nSPS) is 29.6. The Kier molecular flexibility index (Phi) is 4.35. The van der Waals surface area contributed by atoms with Gasteiger partial charge in [0.2, 0.25) is 5.91 Å². The molecule has 1 amide bonds. The third-order valence-corrected chi connectivity index (χ3v) is 2.82. The van der Waals surface area contributed by atoms with Crippen molar-refractivity contribution in [2.75, 3.05) is 0 Å². The number of nitrogens with one attached hydrogen (secondary N) is 1. The summed E-state index contributed by atoms with van der Waals surface area (Å²) in [4.78, 5) is 11.4. The van der Waals surface area contributed by atoms with E-state index in [4.69, 9.17) is 5.73 Å². The summed E-state index contributed by atoms with van der Waals surface area (Å²) in [5.41, 5.74) is 5.60. The lowest BCUT2D eigenvalue weighted by Crippen LogP contribution is -2.46. The Morgan fingerprint density at radius 2 is 2.07 bits per heavy atom. The van der Waals surface area contributed by atoms with Crippen molar-refractivity contribution in [1.82, 2.24) is 5.32 Å². The Bertz CT molecular complexity index is 189. The van der Waals surface area contributed by atoms with Crippen LogP contribution in [0.2, 0.25) is 0 Å². The molecule has 14 heavy (non-hydrogen) atoms. The van der Waals surface area contributed by atoms with E-state index in [1.165, 1.54) is 0 Å². The van der Waals surface area contributed by atoms with Crippen LogP contribution in [0.3, 0.4) is 0 Å². The molecule has 1 rings (SSSR count). The molecule has 0 aromatic carbocycles. The molecular weight excluding hydrogens is 180 g/mol. The van der Waals surface area contributed by atoms with Gasteiger partial charge in [-0.3, -0.25) is 4.79 Å². The highest BCUT2D eigenvalue weighted by Crippen LogP contribution is 2.18. The first-order chi connectivity index (χ1) is 6.63. The van der Waals surface area contributed by atoms with Crippen molar-refractivity contribution >= 4 is 5.91 Å². The van der Waals surface area contributed by atoms with Gasteiger partial charge in [-0.15, -0.1) is 0 Å². The van der Waals surface area contributed by atoms with Crippen LogP contribution in [0.1, 0.15) is 39.0 Å². The average molecular weight is 200 g/mol. The molecule has 1 aliphatic carbocycles. The molecule has 0 unspecified atom stereocenters. The Labute approximate surface area is 84.9 Å². The lowest BCUT2D eigenvalue weighted by atomic mass is 9.93. The number of rotatable bonds is 3. The van der Waals surface area contributed by atoms with E-state index in [-0.39, 0.29) is 24.1 Å². The van der Waals surface area contributed by atoms with Crippen LogP contribution in [0.15, 0.2) is 0 Å². The van der Waals surface area contributed by atoms with Gasteiger partial charge in [-0.25, -0.2) is 0 Å². The molecule has 82 valence electrons. The molecule has 4 N–H and O–H groups in total. The molecule has 0 bridgehead atoms. The van der Waals surface area contributed by atoms with Gasteiger partial charge in [-0.05, 0) is 32.1 Å². The Hall–Kier alpha value is -0.610. The summed E-state index contributed by atoms with van der Waals surface area (Å²) in [5.74, 6) is -0.0612. The van der Waals surface area contributed by atoms with Crippen LogP contribution in [0.25, 0.3) is 0 Å². The number of carbonyl (C=O) groups excluding carboxylic acids is 1. The molecule has 4 heteroatoms.